The lowest BCUT2D eigenvalue weighted by Gasteiger charge is -2.28. The van der Waals surface area contributed by atoms with Crippen LogP contribution in [0.4, 0.5) is 0 Å². The first kappa shape index (κ1) is 16.6. The molecule has 1 fully saturated rings. The zero-order valence-corrected chi connectivity index (χ0v) is 13.1. The fraction of sp³-hybridized carbons (Fsp3) is 0.923. The number of ether oxygens (including phenoxy) is 1. The molecular weight excluding hydrogens is 264 g/mol. The first-order valence-corrected chi connectivity index (χ1v) is 8.35. The van der Waals surface area contributed by atoms with E-state index in [2.05, 4.69) is 10.2 Å². The Morgan fingerprint density at radius 2 is 2.00 bits per heavy atom. The maximum atomic E-state index is 11.7. The van der Waals surface area contributed by atoms with Gasteiger partial charge in [-0.25, -0.2) is 0 Å². The molecule has 0 amide bonds. The smallest absolute Gasteiger partial charge is 0.325 e. The summed E-state index contributed by atoms with van der Waals surface area (Å²) in [6.45, 7) is 4.78. The second-order valence-electron chi connectivity index (χ2n) is 5.22. The van der Waals surface area contributed by atoms with Gasteiger partial charge in [0.25, 0.3) is 0 Å². The van der Waals surface area contributed by atoms with E-state index in [0.29, 0.717) is 0 Å². The number of hydrogen-bond acceptors (Lipinski definition) is 5. The highest BCUT2D eigenvalue weighted by Gasteiger charge is 2.31. The van der Waals surface area contributed by atoms with E-state index in [-0.39, 0.29) is 5.97 Å². The topological polar surface area (TPSA) is 58.6 Å². The number of likely N-dealkylation sites (N-methyl/N-ethyl adjacent to an activating group) is 1. The Balaban J connectivity index is 2.22. The molecule has 1 aliphatic rings. The van der Waals surface area contributed by atoms with E-state index in [1.54, 1.807) is 7.05 Å². The van der Waals surface area contributed by atoms with E-state index < -0.39 is 16.3 Å². The van der Waals surface area contributed by atoms with Crippen LogP contribution >= 0.6 is 0 Å². The van der Waals surface area contributed by atoms with Gasteiger partial charge in [0, 0.05) is 35.4 Å². The molecule has 1 rings (SSSR count). The molecule has 1 aliphatic heterocycles. The van der Waals surface area contributed by atoms with Crippen LogP contribution in [0.25, 0.3) is 0 Å². The zero-order valence-electron chi connectivity index (χ0n) is 12.2. The first-order valence-electron chi connectivity index (χ1n) is 6.86. The Morgan fingerprint density at radius 1 is 1.37 bits per heavy atom. The molecule has 0 aliphatic carbocycles. The van der Waals surface area contributed by atoms with Crippen molar-refractivity contribution in [2.75, 3.05) is 45.3 Å². The average molecular weight is 290 g/mol. The molecule has 0 spiro atoms. The number of methoxy groups -OCH3 is 1. The Bertz CT molecular complexity index is 315. The van der Waals surface area contributed by atoms with Gasteiger partial charge in [-0.05, 0) is 39.8 Å². The van der Waals surface area contributed by atoms with Crippen LogP contribution in [0, 0.1) is 0 Å². The number of rotatable bonds is 7. The second-order valence-corrected chi connectivity index (χ2v) is 6.92. The number of carbonyl (C=O) groups excluding carboxylic acids is 1. The van der Waals surface area contributed by atoms with Crippen LogP contribution in [0.3, 0.4) is 0 Å². The van der Waals surface area contributed by atoms with Crippen molar-refractivity contribution in [3.8, 4) is 0 Å². The molecular formula is C13H26N2O3S. The highest BCUT2D eigenvalue weighted by molar-refractivity contribution is 7.85. The summed E-state index contributed by atoms with van der Waals surface area (Å²) in [5.74, 6) is 1.40. The van der Waals surface area contributed by atoms with Gasteiger partial charge in [0.1, 0.15) is 5.54 Å². The third kappa shape index (κ3) is 5.20. The van der Waals surface area contributed by atoms with Crippen LogP contribution in [-0.4, -0.2) is 65.9 Å². The molecule has 0 aromatic carbocycles. The number of nitrogens with zero attached hydrogens (tertiary/aromatic N) is 1. The normalized spacial score (nSPS) is 21.0. The molecule has 0 saturated carbocycles. The van der Waals surface area contributed by atoms with E-state index in [1.165, 1.54) is 7.11 Å². The van der Waals surface area contributed by atoms with Crippen molar-refractivity contribution in [3.63, 3.8) is 0 Å². The van der Waals surface area contributed by atoms with E-state index >= 15 is 0 Å². The van der Waals surface area contributed by atoms with Crippen LogP contribution < -0.4 is 5.32 Å². The summed E-state index contributed by atoms with van der Waals surface area (Å²) in [5, 5.41) is 3.05. The molecule has 19 heavy (non-hydrogen) atoms. The lowest BCUT2D eigenvalue weighted by atomic mass is 9.95. The summed E-state index contributed by atoms with van der Waals surface area (Å²) in [6, 6.07) is 0. The van der Waals surface area contributed by atoms with Crippen LogP contribution in [0.5, 0.6) is 0 Å². The summed E-state index contributed by atoms with van der Waals surface area (Å²) in [7, 11) is 2.61. The molecule has 5 nitrogen and oxygen atoms in total. The van der Waals surface area contributed by atoms with Crippen molar-refractivity contribution < 1.29 is 13.7 Å². The number of esters is 1. The van der Waals surface area contributed by atoms with Crippen molar-refractivity contribution in [1.29, 1.82) is 0 Å². The van der Waals surface area contributed by atoms with Gasteiger partial charge in [0.15, 0.2) is 0 Å². The van der Waals surface area contributed by atoms with Crippen molar-refractivity contribution >= 4 is 16.8 Å². The van der Waals surface area contributed by atoms with Gasteiger partial charge in [0.05, 0.1) is 7.11 Å². The van der Waals surface area contributed by atoms with Gasteiger partial charge in [-0.3, -0.25) is 9.00 Å². The number of hydrogen-bond donors (Lipinski definition) is 1. The molecule has 0 bridgehead atoms. The van der Waals surface area contributed by atoms with Gasteiger partial charge in [0.2, 0.25) is 0 Å². The molecule has 0 radical (unpaired) electrons. The molecule has 1 heterocycles. The number of carbonyl (C=O) groups is 1. The Morgan fingerprint density at radius 3 is 2.53 bits per heavy atom. The predicted molar refractivity (Wildman–Crippen MR) is 77.6 cm³/mol. The van der Waals surface area contributed by atoms with Crippen molar-refractivity contribution in [2.45, 2.75) is 31.7 Å². The zero-order chi connectivity index (χ0) is 14.3. The lowest BCUT2D eigenvalue weighted by molar-refractivity contribution is -0.148. The molecule has 1 N–H and O–H groups in total. The van der Waals surface area contributed by atoms with Gasteiger partial charge < -0.3 is 15.0 Å². The molecule has 112 valence electrons. The summed E-state index contributed by atoms with van der Waals surface area (Å²) < 4.78 is 16.1. The highest BCUT2D eigenvalue weighted by Crippen LogP contribution is 2.15. The van der Waals surface area contributed by atoms with Gasteiger partial charge in [-0.2, -0.15) is 0 Å². The minimum absolute atomic E-state index is 0.205. The van der Waals surface area contributed by atoms with Crippen LogP contribution in [0.2, 0.25) is 0 Å². The van der Waals surface area contributed by atoms with E-state index in [4.69, 9.17) is 4.74 Å². The van der Waals surface area contributed by atoms with Crippen molar-refractivity contribution in [3.05, 3.63) is 0 Å². The monoisotopic (exact) mass is 290 g/mol. The second kappa shape index (κ2) is 7.97. The van der Waals surface area contributed by atoms with Gasteiger partial charge in [-0.1, -0.05) is 0 Å². The van der Waals surface area contributed by atoms with Crippen molar-refractivity contribution in [1.82, 2.24) is 10.2 Å². The Labute approximate surface area is 118 Å². The third-order valence-corrected chi connectivity index (χ3v) is 5.14. The van der Waals surface area contributed by atoms with Crippen LogP contribution in [0.1, 0.15) is 26.2 Å². The Hall–Kier alpha value is -0.460. The SMILES string of the molecule is CNC(C)(CCCCN1CCS(=O)CC1)C(=O)OC. The number of nitrogens with one attached hydrogen (secondary N) is 1. The van der Waals surface area contributed by atoms with Gasteiger partial charge >= 0.3 is 5.97 Å². The minimum atomic E-state index is -0.604. The molecule has 1 unspecified atom stereocenters. The van der Waals surface area contributed by atoms with E-state index in [9.17, 15) is 9.00 Å². The highest BCUT2D eigenvalue weighted by atomic mass is 32.2. The largest absolute Gasteiger partial charge is 0.468 e. The average Bonchev–Trinajstić information content (AvgIpc) is 2.44. The molecule has 0 aromatic rings. The lowest BCUT2D eigenvalue weighted by Crippen LogP contribution is -2.48. The fourth-order valence-corrected chi connectivity index (χ4v) is 3.40. The van der Waals surface area contributed by atoms with Gasteiger partial charge in [-0.15, -0.1) is 0 Å². The third-order valence-electron chi connectivity index (χ3n) is 3.86. The summed E-state index contributed by atoms with van der Waals surface area (Å²) >= 11 is 0. The maximum absolute atomic E-state index is 11.7. The number of unbranched alkanes of at least 4 members (excludes halogenated alkanes) is 1. The predicted octanol–water partition coefficient (Wildman–Crippen LogP) is 0.372. The summed E-state index contributed by atoms with van der Waals surface area (Å²) in [5.41, 5.74) is -0.585. The molecule has 0 aromatic heterocycles. The van der Waals surface area contributed by atoms with Crippen LogP contribution in [0.15, 0.2) is 0 Å². The summed E-state index contributed by atoms with van der Waals surface area (Å²) in [6.07, 6.45) is 2.81. The first-order chi connectivity index (χ1) is 9.01. The quantitative estimate of drug-likeness (QED) is 0.542. The van der Waals surface area contributed by atoms with E-state index in [1.807, 2.05) is 6.92 Å². The Kier molecular flexibility index (Phi) is 6.96. The van der Waals surface area contributed by atoms with E-state index in [0.717, 1.165) is 50.4 Å². The fourth-order valence-electron chi connectivity index (χ4n) is 2.27. The molecule has 1 atom stereocenters. The minimum Gasteiger partial charge on any atom is -0.468 e. The van der Waals surface area contributed by atoms with Crippen LogP contribution in [-0.2, 0) is 20.3 Å². The summed E-state index contributed by atoms with van der Waals surface area (Å²) in [4.78, 5) is 14.0. The standard InChI is InChI=1S/C13H26N2O3S/c1-13(14-2,12(16)18-3)6-4-5-7-15-8-10-19(17)11-9-15/h14H,4-11H2,1-3H3. The molecule has 1 saturated heterocycles. The maximum Gasteiger partial charge on any atom is 0.325 e. The van der Waals surface area contributed by atoms with Crippen molar-refractivity contribution in [2.24, 2.45) is 0 Å². The molecule has 6 heteroatoms.